The van der Waals surface area contributed by atoms with Gasteiger partial charge in [-0.1, -0.05) is 56.3 Å². The minimum Gasteiger partial charge on any atom is -0.256 e. The van der Waals surface area contributed by atoms with E-state index in [1.54, 1.807) is 0 Å². The topological polar surface area (TPSA) is 12.9 Å². The number of hydrogen-bond acceptors (Lipinski definition) is 1. The lowest BCUT2D eigenvalue weighted by Crippen LogP contribution is -1.89. The molecule has 3 rings (SSSR count). The molecule has 1 nitrogen and oxygen atoms in total. The van der Waals surface area contributed by atoms with Gasteiger partial charge in [0.2, 0.25) is 0 Å². The van der Waals surface area contributed by atoms with Gasteiger partial charge in [0, 0.05) is 11.6 Å². The lowest BCUT2D eigenvalue weighted by Gasteiger charge is -2.10. The summed E-state index contributed by atoms with van der Waals surface area (Å²) in [6, 6.07) is 19.2. The molecule has 0 amide bonds. The van der Waals surface area contributed by atoms with Gasteiger partial charge < -0.3 is 0 Å². The van der Waals surface area contributed by atoms with E-state index < -0.39 is 0 Å². The summed E-state index contributed by atoms with van der Waals surface area (Å²) in [5.41, 5.74) is 4.95. The number of pyridine rings is 1. The van der Waals surface area contributed by atoms with Crippen LogP contribution in [0.2, 0.25) is 0 Å². The van der Waals surface area contributed by atoms with E-state index in [-0.39, 0.29) is 0 Å². The monoisotopic (exact) mass is 247 g/mol. The van der Waals surface area contributed by atoms with Gasteiger partial charge in [-0.2, -0.15) is 0 Å². The third-order valence-corrected chi connectivity index (χ3v) is 3.51. The molecule has 0 fully saturated rings. The standard InChI is InChI=1S/C18H17N/c1-13(2)14-6-3-7-15(12-14)16-8-4-10-18-17(16)9-5-11-19-18/h3-13H,1-2H3. The SMILES string of the molecule is CC(C)c1cccc(-c2cccc3ncccc23)c1. The molecule has 0 spiro atoms. The summed E-state index contributed by atoms with van der Waals surface area (Å²) in [7, 11) is 0. The Bertz CT molecular complexity index is 708. The molecule has 0 unspecified atom stereocenters. The van der Waals surface area contributed by atoms with Gasteiger partial charge in [-0.05, 0) is 34.7 Å². The first kappa shape index (κ1) is 11.9. The van der Waals surface area contributed by atoms with Gasteiger partial charge in [0.05, 0.1) is 5.52 Å². The summed E-state index contributed by atoms with van der Waals surface area (Å²) >= 11 is 0. The van der Waals surface area contributed by atoms with Crippen LogP contribution in [0, 0.1) is 0 Å². The molecule has 1 aromatic heterocycles. The molecule has 0 atom stereocenters. The molecule has 0 N–H and O–H groups in total. The van der Waals surface area contributed by atoms with E-state index in [4.69, 9.17) is 0 Å². The molecule has 0 bridgehead atoms. The van der Waals surface area contributed by atoms with Crippen molar-refractivity contribution in [1.82, 2.24) is 4.98 Å². The highest BCUT2D eigenvalue weighted by Gasteiger charge is 2.06. The van der Waals surface area contributed by atoms with Crippen LogP contribution in [0.4, 0.5) is 0 Å². The van der Waals surface area contributed by atoms with Crippen molar-refractivity contribution in [2.45, 2.75) is 19.8 Å². The first-order valence-electron chi connectivity index (χ1n) is 6.70. The zero-order valence-electron chi connectivity index (χ0n) is 11.3. The lowest BCUT2D eigenvalue weighted by molar-refractivity contribution is 0.867. The van der Waals surface area contributed by atoms with Crippen molar-refractivity contribution in [3.8, 4) is 11.1 Å². The van der Waals surface area contributed by atoms with E-state index in [1.807, 2.05) is 12.3 Å². The largest absolute Gasteiger partial charge is 0.256 e. The molecule has 1 heterocycles. The molecule has 19 heavy (non-hydrogen) atoms. The molecular weight excluding hydrogens is 230 g/mol. The maximum atomic E-state index is 4.42. The Morgan fingerprint density at radius 1 is 0.895 bits per heavy atom. The van der Waals surface area contributed by atoms with Crippen LogP contribution < -0.4 is 0 Å². The second kappa shape index (κ2) is 4.85. The summed E-state index contributed by atoms with van der Waals surface area (Å²) in [5, 5.41) is 1.21. The van der Waals surface area contributed by atoms with Crippen LogP contribution in [-0.2, 0) is 0 Å². The number of aromatic nitrogens is 1. The van der Waals surface area contributed by atoms with Crippen molar-refractivity contribution in [2.75, 3.05) is 0 Å². The predicted molar refractivity (Wildman–Crippen MR) is 81.3 cm³/mol. The average molecular weight is 247 g/mol. The van der Waals surface area contributed by atoms with E-state index in [0.29, 0.717) is 5.92 Å². The third-order valence-electron chi connectivity index (χ3n) is 3.51. The third kappa shape index (κ3) is 2.24. The van der Waals surface area contributed by atoms with Crippen LogP contribution in [0.3, 0.4) is 0 Å². The molecule has 0 saturated carbocycles. The van der Waals surface area contributed by atoms with Crippen LogP contribution in [0.15, 0.2) is 60.8 Å². The van der Waals surface area contributed by atoms with Crippen molar-refractivity contribution in [1.29, 1.82) is 0 Å². The fourth-order valence-electron chi connectivity index (χ4n) is 2.42. The quantitative estimate of drug-likeness (QED) is 0.619. The average Bonchev–Trinajstić information content (AvgIpc) is 2.47. The van der Waals surface area contributed by atoms with Gasteiger partial charge in [0.25, 0.3) is 0 Å². The summed E-state index contributed by atoms with van der Waals surface area (Å²) in [6.45, 7) is 4.45. The van der Waals surface area contributed by atoms with E-state index in [9.17, 15) is 0 Å². The van der Waals surface area contributed by atoms with Gasteiger partial charge in [-0.15, -0.1) is 0 Å². The highest BCUT2D eigenvalue weighted by atomic mass is 14.6. The summed E-state index contributed by atoms with van der Waals surface area (Å²) in [5.74, 6) is 0.549. The number of nitrogens with zero attached hydrogens (tertiary/aromatic N) is 1. The van der Waals surface area contributed by atoms with Gasteiger partial charge >= 0.3 is 0 Å². The van der Waals surface area contributed by atoms with Crippen molar-refractivity contribution < 1.29 is 0 Å². The van der Waals surface area contributed by atoms with Crippen LogP contribution >= 0.6 is 0 Å². The zero-order valence-corrected chi connectivity index (χ0v) is 11.3. The van der Waals surface area contributed by atoms with Crippen LogP contribution in [0.1, 0.15) is 25.3 Å². The summed E-state index contributed by atoms with van der Waals surface area (Å²) < 4.78 is 0. The molecule has 94 valence electrons. The Kier molecular flexibility index (Phi) is 3.04. The van der Waals surface area contributed by atoms with Crippen LogP contribution in [0.25, 0.3) is 22.0 Å². The van der Waals surface area contributed by atoms with Crippen LogP contribution in [0.5, 0.6) is 0 Å². The molecule has 0 aliphatic heterocycles. The van der Waals surface area contributed by atoms with Crippen molar-refractivity contribution in [2.24, 2.45) is 0 Å². The van der Waals surface area contributed by atoms with E-state index in [1.165, 1.54) is 22.1 Å². The van der Waals surface area contributed by atoms with Gasteiger partial charge in [-0.25, -0.2) is 0 Å². The van der Waals surface area contributed by atoms with Crippen LogP contribution in [-0.4, -0.2) is 4.98 Å². The molecule has 0 aliphatic carbocycles. The van der Waals surface area contributed by atoms with Crippen molar-refractivity contribution >= 4 is 10.9 Å². The van der Waals surface area contributed by atoms with Gasteiger partial charge in [0.15, 0.2) is 0 Å². The van der Waals surface area contributed by atoms with Gasteiger partial charge in [-0.3, -0.25) is 4.98 Å². The Labute approximate surface area is 113 Å². The molecule has 1 heteroatoms. The highest BCUT2D eigenvalue weighted by molar-refractivity contribution is 5.94. The van der Waals surface area contributed by atoms with E-state index >= 15 is 0 Å². The molecule has 3 aromatic rings. The molecule has 0 aliphatic rings. The Balaban J connectivity index is 2.22. The Hall–Kier alpha value is -2.15. The molecular formula is C18H17N. The molecule has 0 radical (unpaired) electrons. The molecule has 0 saturated heterocycles. The minimum atomic E-state index is 0.549. The fourth-order valence-corrected chi connectivity index (χ4v) is 2.42. The number of rotatable bonds is 2. The first-order valence-corrected chi connectivity index (χ1v) is 6.70. The van der Waals surface area contributed by atoms with Crippen molar-refractivity contribution in [3.63, 3.8) is 0 Å². The number of benzene rings is 2. The second-order valence-electron chi connectivity index (χ2n) is 5.16. The first-order chi connectivity index (χ1) is 9.25. The van der Waals surface area contributed by atoms with E-state index in [0.717, 1.165) is 5.52 Å². The van der Waals surface area contributed by atoms with Crippen molar-refractivity contribution in [3.05, 3.63) is 66.4 Å². The van der Waals surface area contributed by atoms with Gasteiger partial charge in [0.1, 0.15) is 0 Å². The van der Waals surface area contributed by atoms with E-state index in [2.05, 4.69) is 67.4 Å². The zero-order chi connectivity index (χ0) is 13.2. The lowest BCUT2D eigenvalue weighted by atomic mass is 9.95. The number of hydrogen-bond donors (Lipinski definition) is 0. The fraction of sp³-hybridized carbons (Fsp3) is 0.167. The minimum absolute atomic E-state index is 0.549. The normalized spacial score (nSPS) is 11.1. The maximum Gasteiger partial charge on any atom is 0.0708 e. The molecule has 2 aromatic carbocycles. The smallest absolute Gasteiger partial charge is 0.0708 e. The summed E-state index contributed by atoms with van der Waals surface area (Å²) in [4.78, 5) is 4.42. The second-order valence-corrected chi connectivity index (χ2v) is 5.16. The highest BCUT2D eigenvalue weighted by Crippen LogP contribution is 2.29. The predicted octanol–water partition coefficient (Wildman–Crippen LogP) is 5.03. The number of fused-ring (bicyclic) bond motifs is 1. The Morgan fingerprint density at radius 3 is 2.58 bits per heavy atom. The summed E-state index contributed by atoms with van der Waals surface area (Å²) in [6.07, 6.45) is 1.84. The maximum absolute atomic E-state index is 4.42. The Morgan fingerprint density at radius 2 is 1.74 bits per heavy atom.